The van der Waals surface area contributed by atoms with Gasteiger partial charge in [0, 0.05) is 18.2 Å². The van der Waals surface area contributed by atoms with Crippen molar-refractivity contribution in [2.45, 2.75) is 26.2 Å². The van der Waals surface area contributed by atoms with Gasteiger partial charge in [-0.1, -0.05) is 6.92 Å². The molecule has 0 bridgehead atoms. The number of piperidine rings is 1. The second-order valence-corrected chi connectivity index (χ2v) is 5.46. The smallest absolute Gasteiger partial charge is 0.224 e. The second kappa shape index (κ2) is 6.79. The van der Waals surface area contributed by atoms with Gasteiger partial charge in [-0.2, -0.15) is 0 Å². The Morgan fingerprint density at radius 3 is 2.90 bits per heavy atom. The van der Waals surface area contributed by atoms with Crippen molar-refractivity contribution in [3.63, 3.8) is 0 Å². The molecule has 1 amide bonds. The zero-order chi connectivity index (χ0) is 14.5. The summed E-state index contributed by atoms with van der Waals surface area (Å²) in [6, 6.07) is 3.38. The van der Waals surface area contributed by atoms with Crippen LogP contribution in [0.25, 0.3) is 0 Å². The van der Waals surface area contributed by atoms with Gasteiger partial charge in [-0.25, -0.2) is 8.78 Å². The highest BCUT2D eigenvalue weighted by molar-refractivity contribution is 5.90. The van der Waals surface area contributed by atoms with E-state index in [9.17, 15) is 13.6 Å². The van der Waals surface area contributed by atoms with E-state index >= 15 is 0 Å². The number of hydrogen-bond donors (Lipinski definition) is 2. The number of hydrogen-bond acceptors (Lipinski definition) is 2. The number of amides is 1. The highest BCUT2D eigenvalue weighted by atomic mass is 19.2. The summed E-state index contributed by atoms with van der Waals surface area (Å²) < 4.78 is 25.8. The molecule has 1 aliphatic rings. The highest BCUT2D eigenvalue weighted by Gasteiger charge is 2.22. The molecule has 0 spiro atoms. The molecule has 2 atom stereocenters. The van der Waals surface area contributed by atoms with Crippen molar-refractivity contribution in [1.82, 2.24) is 5.32 Å². The third kappa shape index (κ3) is 4.00. The van der Waals surface area contributed by atoms with Crippen LogP contribution in [0.4, 0.5) is 14.5 Å². The van der Waals surface area contributed by atoms with Gasteiger partial charge in [0.25, 0.3) is 0 Å². The molecule has 110 valence electrons. The summed E-state index contributed by atoms with van der Waals surface area (Å²) in [6.45, 7) is 4.05. The zero-order valence-electron chi connectivity index (χ0n) is 11.6. The highest BCUT2D eigenvalue weighted by Crippen LogP contribution is 2.23. The van der Waals surface area contributed by atoms with E-state index in [4.69, 9.17) is 0 Å². The molecule has 0 radical (unpaired) electrons. The molecule has 0 aromatic heterocycles. The fourth-order valence-corrected chi connectivity index (χ4v) is 2.61. The molecule has 2 unspecified atom stereocenters. The Labute approximate surface area is 117 Å². The molecular formula is C15H20F2N2O. The molecule has 1 aromatic rings. The van der Waals surface area contributed by atoms with Gasteiger partial charge in [-0.3, -0.25) is 4.79 Å². The van der Waals surface area contributed by atoms with Crippen LogP contribution in [-0.4, -0.2) is 19.0 Å². The Balaban J connectivity index is 1.86. The Morgan fingerprint density at radius 2 is 2.25 bits per heavy atom. The average molecular weight is 282 g/mol. The zero-order valence-corrected chi connectivity index (χ0v) is 11.6. The average Bonchev–Trinajstić information content (AvgIpc) is 2.44. The van der Waals surface area contributed by atoms with Crippen LogP contribution in [0, 0.1) is 23.5 Å². The van der Waals surface area contributed by atoms with Gasteiger partial charge < -0.3 is 10.6 Å². The van der Waals surface area contributed by atoms with E-state index < -0.39 is 11.6 Å². The van der Waals surface area contributed by atoms with Crippen molar-refractivity contribution in [2.75, 3.05) is 18.4 Å². The minimum absolute atomic E-state index is 0.158. The van der Waals surface area contributed by atoms with E-state index in [-0.39, 0.29) is 11.8 Å². The van der Waals surface area contributed by atoms with Crippen LogP contribution in [-0.2, 0) is 4.79 Å². The van der Waals surface area contributed by atoms with E-state index in [0.717, 1.165) is 38.1 Å². The number of rotatable bonds is 4. The maximum absolute atomic E-state index is 13.0. The van der Waals surface area contributed by atoms with Crippen molar-refractivity contribution in [3.05, 3.63) is 29.8 Å². The second-order valence-electron chi connectivity index (χ2n) is 5.46. The van der Waals surface area contributed by atoms with Crippen molar-refractivity contribution in [1.29, 1.82) is 0 Å². The minimum Gasteiger partial charge on any atom is -0.326 e. The normalized spacial score (nSPS) is 20.4. The van der Waals surface area contributed by atoms with Crippen LogP contribution in [0.15, 0.2) is 18.2 Å². The molecule has 0 saturated carbocycles. The third-order valence-corrected chi connectivity index (χ3v) is 3.85. The van der Waals surface area contributed by atoms with Crippen molar-refractivity contribution in [3.8, 4) is 0 Å². The number of benzene rings is 1. The number of anilines is 1. The monoisotopic (exact) mass is 282 g/mol. The van der Waals surface area contributed by atoms with E-state index in [1.807, 2.05) is 0 Å². The van der Waals surface area contributed by atoms with E-state index in [0.29, 0.717) is 18.0 Å². The standard InChI is InChI=1S/C15H20F2N2O/c1-10(11-3-2-6-18-9-11)7-15(20)19-12-4-5-13(16)14(17)8-12/h4-5,8,10-11,18H,2-3,6-7,9H2,1H3,(H,19,20). The molecule has 1 aromatic carbocycles. The summed E-state index contributed by atoms with van der Waals surface area (Å²) in [5, 5.41) is 5.94. The summed E-state index contributed by atoms with van der Waals surface area (Å²) in [5.41, 5.74) is 0.294. The van der Waals surface area contributed by atoms with Gasteiger partial charge in [-0.15, -0.1) is 0 Å². The first-order chi connectivity index (χ1) is 9.56. The molecule has 1 heterocycles. The lowest BCUT2D eigenvalue weighted by atomic mass is 9.85. The topological polar surface area (TPSA) is 41.1 Å². The number of halogens is 2. The van der Waals surface area contributed by atoms with Crippen LogP contribution >= 0.6 is 0 Å². The molecule has 20 heavy (non-hydrogen) atoms. The molecule has 2 rings (SSSR count). The number of carbonyl (C=O) groups is 1. The third-order valence-electron chi connectivity index (χ3n) is 3.85. The quantitative estimate of drug-likeness (QED) is 0.891. The molecule has 5 heteroatoms. The van der Waals surface area contributed by atoms with Crippen molar-refractivity contribution < 1.29 is 13.6 Å². The molecule has 2 N–H and O–H groups in total. The fraction of sp³-hybridized carbons (Fsp3) is 0.533. The Hall–Kier alpha value is -1.49. The molecule has 1 fully saturated rings. The SMILES string of the molecule is CC(CC(=O)Nc1ccc(F)c(F)c1)C1CCCNC1. The summed E-state index contributed by atoms with van der Waals surface area (Å²) in [5.74, 6) is -1.25. The van der Waals surface area contributed by atoms with E-state index in [2.05, 4.69) is 17.6 Å². The number of carbonyl (C=O) groups excluding carboxylic acids is 1. The summed E-state index contributed by atoms with van der Waals surface area (Å²) in [7, 11) is 0. The van der Waals surface area contributed by atoms with E-state index in [1.165, 1.54) is 6.07 Å². The first-order valence-corrected chi connectivity index (χ1v) is 7.02. The molecular weight excluding hydrogens is 262 g/mol. The van der Waals surface area contributed by atoms with Crippen LogP contribution in [0.2, 0.25) is 0 Å². The summed E-state index contributed by atoms with van der Waals surface area (Å²) in [6.07, 6.45) is 2.66. The van der Waals surface area contributed by atoms with Crippen molar-refractivity contribution in [2.24, 2.45) is 11.8 Å². The molecule has 0 aliphatic carbocycles. The van der Waals surface area contributed by atoms with Gasteiger partial charge in [0.05, 0.1) is 0 Å². The van der Waals surface area contributed by atoms with Gasteiger partial charge in [-0.05, 0) is 49.9 Å². The van der Waals surface area contributed by atoms with Gasteiger partial charge in [0.2, 0.25) is 5.91 Å². The fourth-order valence-electron chi connectivity index (χ4n) is 2.61. The summed E-state index contributed by atoms with van der Waals surface area (Å²) in [4.78, 5) is 11.9. The molecule has 3 nitrogen and oxygen atoms in total. The molecule has 1 aliphatic heterocycles. The van der Waals surface area contributed by atoms with Gasteiger partial charge in [0.15, 0.2) is 11.6 Å². The Kier molecular flexibility index (Phi) is 5.06. The van der Waals surface area contributed by atoms with E-state index in [1.54, 1.807) is 0 Å². The van der Waals surface area contributed by atoms with Crippen LogP contribution in [0.3, 0.4) is 0 Å². The van der Waals surface area contributed by atoms with Gasteiger partial charge >= 0.3 is 0 Å². The lowest BCUT2D eigenvalue weighted by molar-refractivity contribution is -0.117. The maximum Gasteiger partial charge on any atom is 0.224 e. The molecule has 1 saturated heterocycles. The lowest BCUT2D eigenvalue weighted by Gasteiger charge is -2.28. The first kappa shape index (κ1) is 14.9. The predicted octanol–water partition coefficient (Wildman–Crippen LogP) is 2.93. The Bertz CT molecular complexity index is 473. The van der Waals surface area contributed by atoms with Crippen LogP contribution < -0.4 is 10.6 Å². The van der Waals surface area contributed by atoms with Gasteiger partial charge in [0.1, 0.15) is 0 Å². The first-order valence-electron chi connectivity index (χ1n) is 7.02. The predicted molar refractivity (Wildman–Crippen MR) is 74.4 cm³/mol. The van der Waals surface area contributed by atoms with Crippen LogP contribution in [0.1, 0.15) is 26.2 Å². The van der Waals surface area contributed by atoms with Crippen LogP contribution in [0.5, 0.6) is 0 Å². The summed E-state index contributed by atoms with van der Waals surface area (Å²) >= 11 is 0. The lowest BCUT2D eigenvalue weighted by Crippen LogP contribution is -2.34. The Morgan fingerprint density at radius 1 is 1.45 bits per heavy atom. The maximum atomic E-state index is 13.0. The number of nitrogens with one attached hydrogen (secondary N) is 2. The minimum atomic E-state index is -0.952. The largest absolute Gasteiger partial charge is 0.326 e. The van der Waals surface area contributed by atoms with Crippen molar-refractivity contribution >= 4 is 11.6 Å².